The average molecular weight is 428 g/mol. The molecule has 5 nitrogen and oxygen atoms in total. The van der Waals surface area contributed by atoms with Crippen LogP contribution >= 0.6 is 0 Å². The van der Waals surface area contributed by atoms with Crippen LogP contribution in [-0.4, -0.2) is 29.7 Å². The van der Waals surface area contributed by atoms with Crippen molar-refractivity contribution >= 4 is 5.91 Å². The topological polar surface area (TPSA) is 74.5 Å². The minimum absolute atomic E-state index is 0.0926. The SMILES string of the molecule is O=C(CCc1ccccc1)N[C@H](Cc1cc(F)cc(F)c1)[C@H](O)CNCc1ccco1. The number of halogens is 2. The molecule has 7 heteroatoms. The molecule has 2 atom stereocenters. The minimum atomic E-state index is -0.970. The predicted octanol–water partition coefficient (Wildman–Crippen LogP) is 3.37. The predicted molar refractivity (Wildman–Crippen MR) is 113 cm³/mol. The van der Waals surface area contributed by atoms with Crippen molar-refractivity contribution < 1.29 is 23.1 Å². The molecule has 2 aromatic carbocycles. The third-order valence-corrected chi connectivity index (χ3v) is 4.91. The first-order valence-corrected chi connectivity index (χ1v) is 10.2. The lowest BCUT2D eigenvalue weighted by molar-refractivity contribution is -0.122. The molecule has 0 radical (unpaired) electrons. The standard InChI is InChI=1S/C24H26F2N2O3/c25-19-11-18(12-20(26)14-19)13-22(23(29)16-27-15-21-7-4-10-31-21)28-24(30)9-8-17-5-2-1-3-6-17/h1-7,10-12,14,22-23,27,29H,8-9,13,15-16H2,(H,28,30)/t22-,23-/m1/s1. The second-order valence-corrected chi connectivity index (χ2v) is 7.42. The highest BCUT2D eigenvalue weighted by molar-refractivity contribution is 5.76. The number of aliphatic hydroxyl groups is 1. The normalized spacial score (nSPS) is 13.0. The van der Waals surface area contributed by atoms with Gasteiger partial charge in [0.2, 0.25) is 5.91 Å². The van der Waals surface area contributed by atoms with Crippen LogP contribution in [0.4, 0.5) is 8.78 Å². The molecule has 0 saturated carbocycles. The van der Waals surface area contributed by atoms with Gasteiger partial charge in [0, 0.05) is 19.0 Å². The van der Waals surface area contributed by atoms with E-state index in [9.17, 15) is 18.7 Å². The quantitative estimate of drug-likeness (QED) is 0.438. The van der Waals surface area contributed by atoms with Crippen molar-refractivity contribution in [1.29, 1.82) is 0 Å². The summed E-state index contributed by atoms with van der Waals surface area (Å²) in [4.78, 5) is 12.5. The Hall–Kier alpha value is -3.03. The second-order valence-electron chi connectivity index (χ2n) is 7.42. The Morgan fingerprint density at radius 1 is 1.00 bits per heavy atom. The van der Waals surface area contributed by atoms with Crippen molar-refractivity contribution in [1.82, 2.24) is 10.6 Å². The number of aliphatic hydroxyl groups excluding tert-OH is 1. The number of carbonyl (C=O) groups is 1. The fourth-order valence-electron chi connectivity index (χ4n) is 3.35. The molecule has 3 aromatic rings. The van der Waals surface area contributed by atoms with Gasteiger partial charge in [-0.3, -0.25) is 4.79 Å². The third-order valence-electron chi connectivity index (χ3n) is 4.91. The summed E-state index contributed by atoms with van der Waals surface area (Å²) in [6, 6.07) is 15.6. The van der Waals surface area contributed by atoms with Crippen LogP contribution in [0.3, 0.4) is 0 Å². The largest absolute Gasteiger partial charge is 0.468 e. The van der Waals surface area contributed by atoms with E-state index in [2.05, 4.69) is 10.6 Å². The van der Waals surface area contributed by atoms with Crippen LogP contribution in [0.15, 0.2) is 71.3 Å². The van der Waals surface area contributed by atoms with Crippen LogP contribution in [0.25, 0.3) is 0 Å². The summed E-state index contributed by atoms with van der Waals surface area (Å²) in [5.74, 6) is -0.928. The van der Waals surface area contributed by atoms with E-state index in [0.29, 0.717) is 24.3 Å². The zero-order valence-electron chi connectivity index (χ0n) is 17.1. The summed E-state index contributed by atoms with van der Waals surface area (Å²) in [5, 5.41) is 16.6. The van der Waals surface area contributed by atoms with Gasteiger partial charge in [-0.2, -0.15) is 0 Å². The Morgan fingerprint density at radius 3 is 2.42 bits per heavy atom. The van der Waals surface area contributed by atoms with Gasteiger partial charge in [-0.1, -0.05) is 30.3 Å². The number of aryl methyl sites for hydroxylation is 1. The van der Waals surface area contributed by atoms with E-state index in [0.717, 1.165) is 11.6 Å². The van der Waals surface area contributed by atoms with Crippen LogP contribution in [0, 0.1) is 11.6 Å². The first-order chi connectivity index (χ1) is 15.0. The molecule has 0 fully saturated rings. The number of hydrogen-bond donors (Lipinski definition) is 3. The Bertz CT molecular complexity index is 928. The maximum atomic E-state index is 13.6. The highest BCUT2D eigenvalue weighted by Crippen LogP contribution is 2.13. The molecule has 31 heavy (non-hydrogen) atoms. The Morgan fingerprint density at radius 2 is 1.74 bits per heavy atom. The zero-order valence-corrected chi connectivity index (χ0v) is 17.1. The van der Waals surface area contributed by atoms with E-state index < -0.39 is 23.8 Å². The van der Waals surface area contributed by atoms with E-state index in [1.165, 1.54) is 12.1 Å². The van der Waals surface area contributed by atoms with Crippen LogP contribution in [0.2, 0.25) is 0 Å². The van der Waals surface area contributed by atoms with E-state index in [4.69, 9.17) is 4.42 Å². The summed E-state index contributed by atoms with van der Waals surface area (Å²) in [6.07, 6.45) is 1.48. The number of benzene rings is 2. The van der Waals surface area contributed by atoms with Crippen molar-refractivity contribution in [3.05, 3.63) is 95.4 Å². The van der Waals surface area contributed by atoms with Crippen LogP contribution in [-0.2, 0) is 24.2 Å². The number of amides is 1. The molecule has 3 rings (SSSR count). The van der Waals surface area contributed by atoms with E-state index in [1.807, 2.05) is 30.3 Å². The maximum Gasteiger partial charge on any atom is 0.220 e. The molecular formula is C24H26F2N2O3. The third kappa shape index (κ3) is 7.62. The zero-order chi connectivity index (χ0) is 22.1. The Kier molecular flexibility index (Phi) is 8.32. The van der Waals surface area contributed by atoms with Crippen LogP contribution in [0.1, 0.15) is 23.3 Å². The fraction of sp³-hybridized carbons (Fsp3) is 0.292. The molecule has 0 aliphatic carbocycles. The average Bonchev–Trinajstić information content (AvgIpc) is 3.25. The minimum Gasteiger partial charge on any atom is -0.468 e. The van der Waals surface area contributed by atoms with Crippen LogP contribution < -0.4 is 10.6 Å². The Balaban J connectivity index is 1.61. The number of hydrogen-bond acceptors (Lipinski definition) is 4. The molecule has 0 bridgehead atoms. The van der Waals surface area contributed by atoms with Gasteiger partial charge in [-0.15, -0.1) is 0 Å². The van der Waals surface area contributed by atoms with E-state index in [1.54, 1.807) is 18.4 Å². The van der Waals surface area contributed by atoms with Crippen molar-refractivity contribution in [2.24, 2.45) is 0 Å². The number of nitrogens with one attached hydrogen (secondary N) is 2. The van der Waals surface area contributed by atoms with Gasteiger partial charge in [0.05, 0.1) is 25.0 Å². The monoisotopic (exact) mass is 428 g/mol. The molecule has 1 aromatic heterocycles. The molecule has 0 aliphatic rings. The molecule has 164 valence electrons. The summed E-state index contributed by atoms with van der Waals surface area (Å²) >= 11 is 0. The fourth-order valence-corrected chi connectivity index (χ4v) is 3.35. The van der Waals surface area contributed by atoms with Crippen molar-refractivity contribution in [3.8, 4) is 0 Å². The van der Waals surface area contributed by atoms with Gasteiger partial charge < -0.3 is 20.2 Å². The maximum absolute atomic E-state index is 13.6. The van der Waals surface area contributed by atoms with Gasteiger partial charge in [-0.05, 0) is 48.2 Å². The lowest BCUT2D eigenvalue weighted by Crippen LogP contribution is -2.48. The lowest BCUT2D eigenvalue weighted by atomic mass is 10.00. The second kappa shape index (κ2) is 11.4. The van der Waals surface area contributed by atoms with E-state index >= 15 is 0 Å². The summed E-state index contributed by atoms with van der Waals surface area (Å²) in [7, 11) is 0. The van der Waals surface area contributed by atoms with Crippen molar-refractivity contribution in [2.75, 3.05) is 6.54 Å². The molecule has 3 N–H and O–H groups in total. The van der Waals surface area contributed by atoms with Gasteiger partial charge in [0.25, 0.3) is 0 Å². The highest BCUT2D eigenvalue weighted by Gasteiger charge is 2.22. The molecular weight excluding hydrogens is 402 g/mol. The smallest absolute Gasteiger partial charge is 0.220 e. The van der Waals surface area contributed by atoms with Crippen molar-refractivity contribution in [3.63, 3.8) is 0 Å². The molecule has 0 spiro atoms. The summed E-state index contributed by atoms with van der Waals surface area (Å²) in [5.41, 5.74) is 1.39. The molecule has 1 amide bonds. The summed E-state index contributed by atoms with van der Waals surface area (Å²) < 4.78 is 32.4. The Labute approximate surface area is 180 Å². The number of carbonyl (C=O) groups excluding carboxylic acids is 1. The number of furan rings is 1. The van der Waals surface area contributed by atoms with Gasteiger partial charge >= 0.3 is 0 Å². The lowest BCUT2D eigenvalue weighted by Gasteiger charge is -2.25. The van der Waals surface area contributed by atoms with Crippen LogP contribution in [0.5, 0.6) is 0 Å². The van der Waals surface area contributed by atoms with Gasteiger partial charge in [-0.25, -0.2) is 8.78 Å². The van der Waals surface area contributed by atoms with E-state index in [-0.39, 0.29) is 25.3 Å². The summed E-state index contributed by atoms with van der Waals surface area (Å²) in [6.45, 7) is 0.579. The molecule has 1 heterocycles. The highest BCUT2D eigenvalue weighted by atomic mass is 19.1. The van der Waals surface area contributed by atoms with Gasteiger partial charge in [0.15, 0.2) is 0 Å². The molecule has 0 aliphatic heterocycles. The molecule has 0 saturated heterocycles. The van der Waals surface area contributed by atoms with Crippen molar-refractivity contribution in [2.45, 2.75) is 38.0 Å². The van der Waals surface area contributed by atoms with Gasteiger partial charge in [0.1, 0.15) is 17.4 Å². The number of rotatable bonds is 11. The first kappa shape index (κ1) is 22.7. The molecule has 0 unspecified atom stereocenters. The first-order valence-electron chi connectivity index (χ1n) is 10.2.